The number of anilines is 1. The van der Waals surface area contributed by atoms with E-state index in [9.17, 15) is 9.59 Å². The third-order valence-electron chi connectivity index (χ3n) is 5.51. The Morgan fingerprint density at radius 3 is 2.48 bits per heavy atom. The van der Waals surface area contributed by atoms with Gasteiger partial charge in [-0.15, -0.1) is 0 Å². The molecule has 5 rings (SSSR count). The van der Waals surface area contributed by atoms with Crippen LogP contribution in [0, 0.1) is 10.5 Å². The number of carbonyl (C=O) groups is 1. The molecule has 0 radical (unpaired) electrons. The molecule has 6 heteroatoms. The number of hydrogen-bond acceptors (Lipinski definition) is 3. The molecule has 5 nitrogen and oxygen atoms in total. The fraction of sp³-hybridized carbons (Fsp3) is 0.0800. The molecule has 152 valence electrons. The summed E-state index contributed by atoms with van der Waals surface area (Å²) < 4.78 is 2.55. The van der Waals surface area contributed by atoms with Crippen LogP contribution in [0.25, 0.3) is 28.2 Å². The Kier molecular flexibility index (Phi) is 4.74. The van der Waals surface area contributed by atoms with Gasteiger partial charge in [0.1, 0.15) is 5.82 Å². The van der Waals surface area contributed by atoms with Crippen LogP contribution in [0.15, 0.2) is 71.5 Å². The number of aryl methyl sites for hydroxylation is 1. The van der Waals surface area contributed by atoms with Crippen molar-refractivity contribution in [3.63, 3.8) is 0 Å². The summed E-state index contributed by atoms with van der Waals surface area (Å²) >= 11 is 2.19. The molecule has 0 saturated carbocycles. The number of hydrogen-bond donors (Lipinski definition) is 0. The minimum absolute atomic E-state index is 0.117. The van der Waals surface area contributed by atoms with Gasteiger partial charge in [0.05, 0.1) is 27.9 Å². The van der Waals surface area contributed by atoms with E-state index in [1.54, 1.807) is 22.6 Å². The molecule has 0 unspecified atom stereocenters. The molecule has 2 heterocycles. The van der Waals surface area contributed by atoms with Crippen LogP contribution in [-0.2, 0) is 4.79 Å². The van der Waals surface area contributed by atoms with E-state index in [0.29, 0.717) is 28.0 Å². The van der Waals surface area contributed by atoms with Crippen LogP contribution in [0.2, 0.25) is 0 Å². The summed E-state index contributed by atoms with van der Waals surface area (Å²) in [6, 6.07) is 21.0. The summed E-state index contributed by atoms with van der Waals surface area (Å²) in [5, 5.41) is 0.546. The van der Waals surface area contributed by atoms with Gasteiger partial charge in [-0.3, -0.25) is 14.2 Å². The van der Waals surface area contributed by atoms with Crippen LogP contribution in [0.4, 0.5) is 5.69 Å². The molecule has 0 saturated heterocycles. The Bertz CT molecular complexity index is 1450. The number of benzene rings is 3. The van der Waals surface area contributed by atoms with Gasteiger partial charge >= 0.3 is 0 Å². The summed E-state index contributed by atoms with van der Waals surface area (Å²) in [5.41, 5.74) is 4.46. The highest BCUT2D eigenvalue weighted by Crippen LogP contribution is 2.36. The van der Waals surface area contributed by atoms with Crippen molar-refractivity contribution in [3.05, 3.63) is 97.6 Å². The summed E-state index contributed by atoms with van der Waals surface area (Å²) in [4.78, 5) is 32.9. The third-order valence-corrected chi connectivity index (χ3v) is 6.18. The van der Waals surface area contributed by atoms with E-state index in [4.69, 9.17) is 4.98 Å². The third kappa shape index (κ3) is 3.27. The number of nitrogens with zero attached hydrogens (tertiary/aromatic N) is 3. The number of halogens is 1. The van der Waals surface area contributed by atoms with Crippen molar-refractivity contribution in [1.82, 2.24) is 9.55 Å². The van der Waals surface area contributed by atoms with Gasteiger partial charge in [-0.2, -0.15) is 0 Å². The number of para-hydroxylation sites is 1. The SMILES string of the molecule is Cc1ccc(-n2c(/C=C3\C(=O)N(C)c4ccccc43)nc3ccc(I)cc3c2=O)cc1. The second kappa shape index (κ2) is 7.46. The Hall–Kier alpha value is -3.26. The Labute approximate surface area is 192 Å². The summed E-state index contributed by atoms with van der Waals surface area (Å²) in [7, 11) is 1.75. The lowest BCUT2D eigenvalue weighted by atomic mass is 10.1. The lowest BCUT2D eigenvalue weighted by Gasteiger charge is -2.13. The normalized spacial score (nSPS) is 14.5. The van der Waals surface area contributed by atoms with E-state index in [-0.39, 0.29) is 11.5 Å². The number of likely N-dealkylation sites (N-methyl/N-ethyl adjacent to an activating group) is 1. The Morgan fingerprint density at radius 1 is 0.968 bits per heavy atom. The lowest BCUT2D eigenvalue weighted by molar-refractivity contribution is -0.112. The fourth-order valence-electron chi connectivity index (χ4n) is 3.88. The second-order valence-corrected chi connectivity index (χ2v) is 8.79. The molecule has 0 atom stereocenters. The molecule has 1 aromatic heterocycles. The first-order valence-corrected chi connectivity index (χ1v) is 10.9. The number of carbonyl (C=O) groups excluding carboxylic acids is 1. The van der Waals surface area contributed by atoms with Gasteiger partial charge in [-0.25, -0.2) is 4.98 Å². The molecule has 31 heavy (non-hydrogen) atoms. The van der Waals surface area contributed by atoms with E-state index in [2.05, 4.69) is 22.6 Å². The predicted molar refractivity (Wildman–Crippen MR) is 133 cm³/mol. The molecule has 0 fully saturated rings. The highest BCUT2D eigenvalue weighted by atomic mass is 127. The molecule has 4 aromatic rings. The molecule has 1 amide bonds. The molecular formula is C25H18IN3O2. The smallest absolute Gasteiger partial charge is 0.266 e. The fourth-order valence-corrected chi connectivity index (χ4v) is 4.37. The molecule has 3 aromatic carbocycles. The summed E-state index contributed by atoms with van der Waals surface area (Å²) in [6.45, 7) is 2.00. The minimum Gasteiger partial charge on any atom is -0.311 e. The number of amides is 1. The highest BCUT2D eigenvalue weighted by Gasteiger charge is 2.29. The number of rotatable bonds is 2. The molecule has 0 bridgehead atoms. The van der Waals surface area contributed by atoms with Gasteiger partial charge in [-0.05, 0) is 72.0 Å². The van der Waals surface area contributed by atoms with Crippen molar-refractivity contribution in [1.29, 1.82) is 0 Å². The zero-order valence-corrected chi connectivity index (χ0v) is 19.1. The standard InChI is InChI=1S/C25H18IN3O2/c1-15-7-10-17(11-8-15)29-23(27-21-12-9-16(26)13-20(21)25(29)31)14-19-18-5-3-4-6-22(18)28(2)24(19)30/h3-14H,1-2H3/b19-14-. The van der Waals surface area contributed by atoms with Crippen molar-refractivity contribution < 1.29 is 4.79 Å². The van der Waals surface area contributed by atoms with Crippen molar-refractivity contribution in [3.8, 4) is 5.69 Å². The van der Waals surface area contributed by atoms with Gasteiger partial charge in [0.15, 0.2) is 0 Å². The Morgan fingerprint density at radius 2 is 1.71 bits per heavy atom. The van der Waals surface area contributed by atoms with E-state index in [0.717, 1.165) is 20.4 Å². The maximum absolute atomic E-state index is 13.5. The topological polar surface area (TPSA) is 55.2 Å². The van der Waals surface area contributed by atoms with Crippen molar-refractivity contribution in [2.24, 2.45) is 0 Å². The van der Waals surface area contributed by atoms with Crippen molar-refractivity contribution in [2.75, 3.05) is 11.9 Å². The van der Waals surface area contributed by atoms with E-state index in [1.807, 2.05) is 73.7 Å². The van der Waals surface area contributed by atoms with Crippen LogP contribution >= 0.6 is 22.6 Å². The Balaban J connectivity index is 1.83. The largest absolute Gasteiger partial charge is 0.311 e. The highest BCUT2D eigenvalue weighted by molar-refractivity contribution is 14.1. The van der Waals surface area contributed by atoms with E-state index < -0.39 is 0 Å². The van der Waals surface area contributed by atoms with E-state index in [1.165, 1.54) is 0 Å². The van der Waals surface area contributed by atoms with Gasteiger partial charge < -0.3 is 4.90 Å². The van der Waals surface area contributed by atoms with Gasteiger partial charge in [0, 0.05) is 16.2 Å². The molecule has 0 N–H and O–H groups in total. The average Bonchev–Trinajstić information content (AvgIpc) is 3.01. The molecule has 0 spiro atoms. The monoisotopic (exact) mass is 519 g/mol. The van der Waals surface area contributed by atoms with Crippen molar-refractivity contribution in [2.45, 2.75) is 6.92 Å². The second-order valence-electron chi connectivity index (χ2n) is 7.55. The first-order valence-electron chi connectivity index (χ1n) is 9.82. The van der Waals surface area contributed by atoms with Crippen LogP contribution in [0.5, 0.6) is 0 Å². The number of aromatic nitrogens is 2. The molecular weight excluding hydrogens is 501 g/mol. The van der Waals surface area contributed by atoms with E-state index >= 15 is 0 Å². The van der Waals surface area contributed by atoms with Gasteiger partial charge in [0.25, 0.3) is 11.5 Å². The van der Waals surface area contributed by atoms with Crippen LogP contribution in [0.1, 0.15) is 17.0 Å². The first-order chi connectivity index (χ1) is 14.9. The van der Waals surface area contributed by atoms with Gasteiger partial charge in [-0.1, -0.05) is 35.9 Å². The quantitative estimate of drug-likeness (QED) is 0.282. The first kappa shape index (κ1) is 19.7. The maximum Gasteiger partial charge on any atom is 0.266 e. The molecule has 1 aliphatic rings. The van der Waals surface area contributed by atoms with Crippen LogP contribution in [0.3, 0.4) is 0 Å². The predicted octanol–water partition coefficient (Wildman–Crippen LogP) is 4.82. The van der Waals surface area contributed by atoms with Gasteiger partial charge in [0.2, 0.25) is 0 Å². The van der Waals surface area contributed by atoms with Crippen LogP contribution in [-0.4, -0.2) is 22.5 Å². The summed E-state index contributed by atoms with van der Waals surface area (Å²) in [5.74, 6) is 0.310. The lowest BCUT2D eigenvalue weighted by Crippen LogP contribution is -2.23. The van der Waals surface area contributed by atoms with Crippen LogP contribution < -0.4 is 10.5 Å². The zero-order chi connectivity index (χ0) is 21.7. The zero-order valence-electron chi connectivity index (χ0n) is 17.0. The minimum atomic E-state index is -0.161. The summed E-state index contributed by atoms with van der Waals surface area (Å²) in [6.07, 6.45) is 1.73. The van der Waals surface area contributed by atoms with Crippen molar-refractivity contribution >= 4 is 56.7 Å². The maximum atomic E-state index is 13.5. The average molecular weight is 519 g/mol. The number of fused-ring (bicyclic) bond motifs is 2. The molecule has 1 aliphatic heterocycles. The molecule has 0 aliphatic carbocycles.